The number of fused-ring (bicyclic) bond motifs is 1. The van der Waals surface area contributed by atoms with Gasteiger partial charge in [-0.3, -0.25) is 4.79 Å². The van der Waals surface area contributed by atoms with Crippen molar-refractivity contribution in [2.24, 2.45) is 5.92 Å². The predicted molar refractivity (Wildman–Crippen MR) is 138 cm³/mol. The number of aryl methyl sites for hydroxylation is 1. The van der Waals surface area contributed by atoms with Crippen molar-refractivity contribution in [2.75, 3.05) is 6.54 Å². The van der Waals surface area contributed by atoms with Gasteiger partial charge in [-0.05, 0) is 62.8 Å². The molecule has 1 N–H and O–H groups in total. The number of benzene rings is 2. The molecule has 0 unspecified atom stereocenters. The lowest BCUT2D eigenvalue weighted by atomic mass is 9.78. The van der Waals surface area contributed by atoms with Crippen LogP contribution in [0.25, 0.3) is 0 Å². The Morgan fingerprint density at radius 2 is 1.83 bits per heavy atom. The van der Waals surface area contributed by atoms with Crippen molar-refractivity contribution in [3.63, 3.8) is 0 Å². The lowest BCUT2D eigenvalue weighted by molar-refractivity contribution is -0.183. The second-order valence-electron chi connectivity index (χ2n) is 10.9. The van der Waals surface area contributed by atoms with Crippen LogP contribution in [0.3, 0.4) is 0 Å². The van der Waals surface area contributed by atoms with E-state index in [0.29, 0.717) is 36.9 Å². The van der Waals surface area contributed by atoms with Gasteiger partial charge in [0.1, 0.15) is 6.10 Å². The van der Waals surface area contributed by atoms with Crippen molar-refractivity contribution in [1.29, 1.82) is 0 Å². The quantitative estimate of drug-likeness (QED) is 0.491. The molecule has 4 atom stereocenters. The topological polar surface area (TPSA) is 66.0 Å². The first kappa shape index (κ1) is 25.7. The SMILES string of the molecule is Cc1ccc(CO[C@H]2C[C@](OCc3cccc(Cl)c3)(C(=O)NCC3CC3)C[C@H]3OC(C)(C)O[C@@H]23)cc1. The van der Waals surface area contributed by atoms with Gasteiger partial charge in [0.05, 0.1) is 25.4 Å². The number of hydrogen-bond acceptors (Lipinski definition) is 5. The average Bonchev–Trinajstić information content (AvgIpc) is 3.61. The minimum absolute atomic E-state index is 0.105. The Hall–Kier alpha value is -1.96. The molecule has 1 aliphatic heterocycles. The third-order valence-electron chi connectivity index (χ3n) is 7.30. The highest BCUT2D eigenvalue weighted by molar-refractivity contribution is 6.30. The van der Waals surface area contributed by atoms with Gasteiger partial charge in [0.15, 0.2) is 11.4 Å². The molecule has 3 fully saturated rings. The predicted octanol–water partition coefficient (Wildman–Crippen LogP) is 5.33. The van der Waals surface area contributed by atoms with Gasteiger partial charge in [-0.2, -0.15) is 0 Å². The Morgan fingerprint density at radius 3 is 2.56 bits per heavy atom. The second-order valence-corrected chi connectivity index (χ2v) is 11.4. The fourth-order valence-corrected chi connectivity index (χ4v) is 5.38. The van der Waals surface area contributed by atoms with E-state index in [2.05, 4.69) is 36.5 Å². The van der Waals surface area contributed by atoms with E-state index in [-0.39, 0.29) is 30.8 Å². The van der Waals surface area contributed by atoms with Gasteiger partial charge in [0.2, 0.25) is 0 Å². The number of carbonyl (C=O) groups excluding carboxylic acids is 1. The van der Waals surface area contributed by atoms with Gasteiger partial charge in [-0.15, -0.1) is 0 Å². The minimum atomic E-state index is -1.10. The van der Waals surface area contributed by atoms with Crippen molar-refractivity contribution < 1.29 is 23.7 Å². The van der Waals surface area contributed by atoms with Crippen molar-refractivity contribution in [3.8, 4) is 0 Å². The van der Waals surface area contributed by atoms with Crippen LogP contribution < -0.4 is 5.32 Å². The number of ether oxygens (including phenoxy) is 4. The van der Waals surface area contributed by atoms with Crippen LogP contribution in [-0.4, -0.2) is 42.2 Å². The van der Waals surface area contributed by atoms with E-state index in [9.17, 15) is 4.79 Å². The molecule has 1 heterocycles. The van der Waals surface area contributed by atoms with E-state index in [4.69, 9.17) is 30.5 Å². The molecule has 5 rings (SSSR count). The van der Waals surface area contributed by atoms with Crippen LogP contribution in [-0.2, 0) is 37.0 Å². The van der Waals surface area contributed by atoms with Gasteiger partial charge in [0.25, 0.3) is 5.91 Å². The number of carbonyl (C=O) groups is 1. The molecule has 0 aromatic heterocycles. The average molecular weight is 514 g/mol. The molecule has 2 aromatic carbocycles. The molecule has 2 aliphatic carbocycles. The number of amides is 1. The van der Waals surface area contributed by atoms with Crippen molar-refractivity contribution in [1.82, 2.24) is 5.32 Å². The zero-order valence-corrected chi connectivity index (χ0v) is 22.1. The summed E-state index contributed by atoms with van der Waals surface area (Å²) in [5, 5.41) is 3.80. The van der Waals surface area contributed by atoms with Crippen LogP contribution >= 0.6 is 11.6 Å². The first-order chi connectivity index (χ1) is 17.2. The summed E-state index contributed by atoms with van der Waals surface area (Å²) in [5.41, 5.74) is 2.09. The number of nitrogens with one attached hydrogen (secondary N) is 1. The summed E-state index contributed by atoms with van der Waals surface area (Å²) in [7, 11) is 0. The molecule has 3 aliphatic rings. The molecule has 0 bridgehead atoms. The summed E-state index contributed by atoms with van der Waals surface area (Å²) >= 11 is 6.20. The van der Waals surface area contributed by atoms with Crippen LogP contribution in [0.2, 0.25) is 5.02 Å². The van der Waals surface area contributed by atoms with E-state index in [0.717, 1.165) is 24.0 Å². The Bertz CT molecular complexity index is 1070. The summed E-state index contributed by atoms with van der Waals surface area (Å²) in [4.78, 5) is 13.7. The first-order valence-electron chi connectivity index (χ1n) is 12.9. The van der Waals surface area contributed by atoms with Crippen LogP contribution in [0, 0.1) is 12.8 Å². The van der Waals surface area contributed by atoms with E-state index < -0.39 is 11.4 Å². The Labute approximate surface area is 218 Å². The van der Waals surface area contributed by atoms with Crippen molar-refractivity contribution >= 4 is 17.5 Å². The maximum absolute atomic E-state index is 13.7. The molecule has 2 aromatic rings. The van der Waals surface area contributed by atoms with Gasteiger partial charge in [-0.1, -0.05) is 53.6 Å². The second kappa shape index (κ2) is 10.4. The van der Waals surface area contributed by atoms with Crippen LogP contribution in [0.15, 0.2) is 48.5 Å². The number of rotatable bonds is 9. The maximum Gasteiger partial charge on any atom is 0.252 e. The van der Waals surface area contributed by atoms with Gasteiger partial charge >= 0.3 is 0 Å². The Balaban J connectivity index is 1.39. The molecule has 6 nitrogen and oxygen atoms in total. The molecule has 0 radical (unpaired) electrons. The molecular formula is C29H36ClNO5. The minimum Gasteiger partial charge on any atom is -0.371 e. The van der Waals surface area contributed by atoms with E-state index in [1.165, 1.54) is 5.56 Å². The van der Waals surface area contributed by atoms with E-state index >= 15 is 0 Å². The Kier molecular flexibility index (Phi) is 7.44. The summed E-state index contributed by atoms with van der Waals surface area (Å²) in [6.45, 7) is 7.24. The zero-order valence-electron chi connectivity index (χ0n) is 21.3. The van der Waals surface area contributed by atoms with Crippen LogP contribution in [0.1, 0.15) is 56.2 Å². The lowest BCUT2D eigenvalue weighted by Crippen LogP contribution is -2.60. The molecule has 194 valence electrons. The number of hydrogen-bond donors (Lipinski definition) is 1. The van der Waals surface area contributed by atoms with Crippen LogP contribution in [0.5, 0.6) is 0 Å². The maximum atomic E-state index is 13.7. The fraction of sp³-hybridized carbons (Fsp3) is 0.552. The first-order valence-corrected chi connectivity index (χ1v) is 13.3. The fourth-order valence-electron chi connectivity index (χ4n) is 5.16. The Morgan fingerprint density at radius 1 is 1.06 bits per heavy atom. The van der Waals surface area contributed by atoms with Crippen molar-refractivity contribution in [3.05, 3.63) is 70.2 Å². The summed E-state index contributed by atoms with van der Waals surface area (Å²) < 4.78 is 25.5. The van der Waals surface area contributed by atoms with Gasteiger partial charge in [0, 0.05) is 24.4 Å². The molecule has 0 spiro atoms. The normalized spacial score (nSPS) is 29.1. The highest BCUT2D eigenvalue weighted by atomic mass is 35.5. The standard InChI is InChI=1S/C29H36ClNO5/c1-19-7-9-21(10-8-19)17-33-24-14-29(27(32)31-16-20-11-12-20,15-25-26(24)36-28(2,3)35-25)34-18-22-5-4-6-23(30)13-22/h4-10,13,20,24-26H,11-12,14-18H2,1-3H3,(H,31,32)/t24-,25+,26-,29+/m0/s1. The molecule has 36 heavy (non-hydrogen) atoms. The number of halogens is 1. The molecular weight excluding hydrogens is 478 g/mol. The molecule has 2 saturated carbocycles. The van der Waals surface area contributed by atoms with Gasteiger partial charge < -0.3 is 24.3 Å². The van der Waals surface area contributed by atoms with Crippen LogP contribution in [0.4, 0.5) is 0 Å². The van der Waals surface area contributed by atoms with E-state index in [1.54, 1.807) is 0 Å². The highest BCUT2D eigenvalue weighted by Crippen LogP contribution is 2.44. The third kappa shape index (κ3) is 6.12. The summed E-state index contributed by atoms with van der Waals surface area (Å²) in [6, 6.07) is 15.8. The smallest absolute Gasteiger partial charge is 0.252 e. The molecule has 1 amide bonds. The van der Waals surface area contributed by atoms with Crippen molar-refractivity contribution in [2.45, 2.75) is 89.4 Å². The summed E-state index contributed by atoms with van der Waals surface area (Å²) in [6.07, 6.45) is 2.16. The summed E-state index contributed by atoms with van der Waals surface area (Å²) in [5.74, 6) is -0.296. The monoisotopic (exact) mass is 513 g/mol. The molecule has 1 saturated heterocycles. The largest absolute Gasteiger partial charge is 0.371 e. The zero-order chi connectivity index (χ0) is 25.3. The lowest BCUT2D eigenvalue weighted by Gasteiger charge is -2.43. The van der Waals surface area contributed by atoms with E-state index in [1.807, 2.05) is 38.1 Å². The highest BCUT2D eigenvalue weighted by Gasteiger charge is 2.58. The van der Waals surface area contributed by atoms with Gasteiger partial charge in [-0.25, -0.2) is 0 Å². The molecule has 7 heteroatoms. The third-order valence-corrected chi connectivity index (χ3v) is 7.54.